The van der Waals surface area contributed by atoms with Crippen LogP contribution in [0.25, 0.3) is 116 Å². The minimum Gasteiger partial charge on any atom is -0.456 e. The van der Waals surface area contributed by atoms with Crippen LogP contribution < -0.4 is 0 Å². The number of nitrogens with zero attached hydrogens (tertiary/aromatic N) is 3. The second-order valence-corrected chi connectivity index (χ2v) is 14.6. The first kappa shape index (κ1) is 31.6. The molecule has 5 nitrogen and oxygen atoms in total. The third kappa shape index (κ3) is 5.10. The van der Waals surface area contributed by atoms with Crippen LogP contribution >= 0.6 is 0 Å². The van der Waals surface area contributed by atoms with E-state index < -0.39 is 0 Å². The molecule has 0 saturated heterocycles. The molecule has 4 aromatic heterocycles. The zero-order chi connectivity index (χ0) is 37.5. The Bertz CT molecular complexity index is 3480. The van der Waals surface area contributed by atoms with Crippen LogP contribution in [0.3, 0.4) is 0 Å². The van der Waals surface area contributed by atoms with Gasteiger partial charge in [0, 0.05) is 54.7 Å². The van der Waals surface area contributed by atoms with Gasteiger partial charge in [0.2, 0.25) is 0 Å². The lowest BCUT2D eigenvalue weighted by Crippen LogP contribution is -1.99. The van der Waals surface area contributed by atoms with Crippen molar-refractivity contribution >= 4 is 65.7 Å². The summed E-state index contributed by atoms with van der Waals surface area (Å²) in [6, 6.07) is 65.7. The van der Waals surface area contributed by atoms with Crippen molar-refractivity contribution in [3.05, 3.63) is 188 Å². The van der Waals surface area contributed by atoms with Crippen molar-refractivity contribution in [3.8, 4) is 50.7 Å². The van der Waals surface area contributed by atoms with Crippen LogP contribution in [-0.2, 0) is 0 Å². The van der Waals surface area contributed by atoms with Crippen LogP contribution in [0.1, 0.15) is 0 Å². The zero-order valence-electron chi connectivity index (χ0n) is 30.6. The molecule has 0 saturated carbocycles. The van der Waals surface area contributed by atoms with Gasteiger partial charge >= 0.3 is 0 Å². The van der Waals surface area contributed by atoms with Gasteiger partial charge in [0.25, 0.3) is 0 Å². The Morgan fingerprint density at radius 3 is 1.46 bits per heavy atom. The lowest BCUT2D eigenvalue weighted by molar-refractivity contribution is 0.668. The highest BCUT2D eigenvalue weighted by atomic mass is 16.3. The van der Waals surface area contributed by atoms with Crippen LogP contribution in [0, 0.1) is 0 Å². The molecule has 0 bridgehead atoms. The lowest BCUT2D eigenvalue weighted by Gasteiger charge is -2.15. The Hall–Kier alpha value is -7.76. The van der Waals surface area contributed by atoms with Crippen molar-refractivity contribution in [3.63, 3.8) is 0 Å². The minimum absolute atomic E-state index is 0.662. The second-order valence-electron chi connectivity index (χ2n) is 14.6. The van der Waals surface area contributed by atoms with Crippen LogP contribution in [0.2, 0.25) is 0 Å². The molecule has 12 rings (SSSR count). The van der Waals surface area contributed by atoms with E-state index in [0.717, 1.165) is 99.8 Å². The van der Waals surface area contributed by atoms with E-state index in [1.54, 1.807) is 0 Å². The normalized spacial score (nSPS) is 11.9. The fraction of sp³-hybridized carbons (Fsp3) is 0. The maximum Gasteiger partial charge on any atom is 0.160 e. The number of aromatic nitrogens is 3. The molecule has 0 unspecified atom stereocenters. The Labute approximate surface area is 326 Å². The van der Waals surface area contributed by atoms with Gasteiger partial charge in [-0.25, -0.2) is 9.97 Å². The third-order valence-electron chi connectivity index (χ3n) is 11.2. The Morgan fingerprint density at radius 2 is 0.807 bits per heavy atom. The number of benzene rings is 8. The van der Waals surface area contributed by atoms with Crippen molar-refractivity contribution in [2.24, 2.45) is 0 Å². The molecule has 12 aromatic rings. The first-order valence-corrected chi connectivity index (χ1v) is 19.1. The van der Waals surface area contributed by atoms with E-state index in [2.05, 4.69) is 144 Å². The summed E-state index contributed by atoms with van der Waals surface area (Å²) in [7, 11) is 0. The maximum absolute atomic E-state index is 6.24. The molecule has 0 spiro atoms. The van der Waals surface area contributed by atoms with Crippen molar-refractivity contribution < 1.29 is 8.83 Å². The first-order chi connectivity index (χ1) is 28.2. The van der Waals surface area contributed by atoms with Crippen LogP contribution in [-0.4, -0.2) is 14.5 Å². The largest absolute Gasteiger partial charge is 0.456 e. The molecule has 0 aliphatic rings. The van der Waals surface area contributed by atoms with Crippen molar-refractivity contribution in [1.29, 1.82) is 0 Å². The van der Waals surface area contributed by atoms with Gasteiger partial charge in [0.1, 0.15) is 22.3 Å². The molecule has 0 fully saturated rings. The quantitative estimate of drug-likeness (QED) is 0.177. The molecule has 266 valence electrons. The minimum atomic E-state index is 0.662. The fourth-order valence-corrected chi connectivity index (χ4v) is 8.51. The summed E-state index contributed by atoms with van der Waals surface area (Å²) in [5.41, 5.74) is 13.6. The predicted molar refractivity (Wildman–Crippen MR) is 233 cm³/mol. The molecule has 8 aromatic carbocycles. The Kier molecular flexibility index (Phi) is 6.86. The summed E-state index contributed by atoms with van der Waals surface area (Å²) in [5, 5.41) is 6.75. The molecule has 0 atom stereocenters. The third-order valence-corrected chi connectivity index (χ3v) is 11.2. The molecule has 0 aliphatic heterocycles. The Morgan fingerprint density at radius 1 is 0.316 bits per heavy atom. The standard InChI is InChI=1S/C52H31N3O2/c1-2-12-32(13-3-1)52-53-44(34-23-25-51-43(30-34)41-17-7-11-21-49(41)57-51)31-45(54-52)36-26-35(33-22-24-50-42(29-33)40-16-6-10-20-48(40)56-50)27-37(28-36)55-46-18-8-4-14-38(46)39-15-5-9-19-47(39)55/h1-31H. The molecule has 4 heterocycles. The highest BCUT2D eigenvalue weighted by Crippen LogP contribution is 2.39. The van der Waals surface area contributed by atoms with E-state index in [0.29, 0.717) is 5.82 Å². The van der Waals surface area contributed by atoms with E-state index in [1.807, 2.05) is 48.5 Å². The van der Waals surface area contributed by atoms with E-state index >= 15 is 0 Å². The van der Waals surface area contributed by atoms with Gasteiger partial charge in [-0.1, -0.05) is 109 Å². The van der Waals surface area contributed by atoms with Crippen molar-refractivity contribution in [1.82, 2.24) is 14.5 Å². The predicted octanol–water partition coefficient (Wildman–Crippen LogP) is 14.0. The maximum atomic E-state index is 6.24. The van der Waals surface area contributed by atoms with Crippen LogP contribution in [0.15, 0.2) is 197 Å². The average Bonchev–Trinajstić information content (AvgIpc) is 3.95. The number of para-hydroxylation sites is 4. The number of fused-ring (bicyclic) bond motifs is 9. The molecule has 0 amide bonds. The molecular weight excluding hydrogens is 699 g/mol. The van der Waals surface area contributed by atoms with E-state index in [-0.39, 0.29) is 0 Å². The molecule has 5 heteroatoms. The van der Waals surface area contributed by atoms with E-state index in [1.165, 1.54) is 10.8 Å². The summed E-state index contributed by atoms with van der Waals surface area (Å²) < 4.78 is 14.8. The first-order valence-electron chi connectivity index (χ1n) is 19.1. The summed E-state index contributed by atoms with van der Waals surface area (Å²) >= 11 is 0. The second kappa shape index (κ2) is 12.4. The topological polar surface area (TPSA) is 57.0 Å². The molecule has 0 N–H and O–H groups in total. The summed E-state index contributed by atoms with van der Waals surface area (Å²) in [5.74, 6) is 0.662. The van der Waals surface area contributed by atoms with Crippen LogP contribution in [0.5, 0.6) is 0 Å². The average molecular weight is 730 g/mol. The fourth-order valence-electron chi connectivity index (χ4n) is 8.51. The van der Waals surface area contributed by atoms with Crippen LogP contribution in [0.4, 0.5) is 0 Å². The number of furan rings is 2. The summed E-state index contributed by atoms with van der Waals surface area (Å²) in [4.78, 5) is 10.5. The van der Waals surface area contributed by atoms with Gasteiger partial charge < -0.3 is 13.4 Å². The molecule has 57 heavy (non-hydrogen) atoms. The molecular formula is C52H31N3O2. The van der Waals surface area contributed by atoms with E-state index in [9.17, 15) is 0 Å². The summed E-state index contributed by atoms with van der Waals surface area (Å²) in [6.45, 7) is 0. The van der Waals surface area contributed by atoms with Crippen molar-refractivity contribution in [2.45, 2.75) is 0 Å². The van der Waals surface area contributed by atoms with Gasteiger partial charge in [-0.05, 0) is 90.0 Å². The van der Waals surface area contributed by atoms with Gasteiger partial charge in [-0.15, -0.1) is 0 Å². The highest BCUT2D eigenvalue weighted by Gasteiger charge is 2.18. The molecule has 0 aliphatic carbocycles. The molecule has 0 radical (unpaired) electrons. The van der Waals surface area contributed by atoms with Gasteiger partial charge in [0.05, 0.1) is 22.4 Å². The number of rotatable bonds is 5. The zero-order valence-corrected chi connectivity index (χ0v) is 30.6. The van der Waals surface area contributed by atoms with E-state index in [4.69, 9.17) is 18.8 Å². The number of hydrogen-bond donors (Lipinski definition) is 0. The Balaban J connectivity index is 1.13. The smallest absolute Gasteiger partial charge is 0.160 e. The highest BCUT2D eigenvalue weighted by molar-refractivity contribution is 6.10. The van der Waals surface area contributed by atoms with Gasteiger partial charge in [-0.3, -0.25) is 0 Å². The SMILES string of the molecule is c1ccc(-c2nc(-c3cc(-c4ccc5oc6ccccc6c5c4)cc(-n4c5ccccc5c5ccccc54)c3)cc(-c3ccc4oc5ccccc5c4c3)n2)cc1. The van der Waals surface area contributed by atoms with Gasteiger partial charge in [0.15, 0.2) is 5.82 Å². The van der Waals surface area contributed by atoms with Crippen molar-refractivity contribution in [2.75, 3.05) is 0 Å². The lowest BCUT2D eigenvalue weighted by atomic mass is 9.97. The van der Waals surface area contributed by atoms with Gasteiger partial charge in [-0.2, -0.15) is 0 Å². The summed E-state index contributed by atoms with van der Waals surface area (Å²) in [6.07, 6.45) is 0. The number of hydrogen-bond acceptors (Lipinski definition) is 4. The monoisotopic (exact) mass is 729 g/mol.